The molecule has 0 atom stereocenters. The van der Waals surface area contributed by atoms with Crippen LogP contribution in [0.1, 0.15) is 10.4 Å². The standard InChI is InChI=1S/C17H15N3O/c1-20-12-14(11-18-20)15-9-5-6-10-16(15)19-17(21)13-7-3-2-4-8-13/h2-12H,1H3,(H,19,21). The lowest BCUT2D eigenvalue weighted by Crippen LogP contribution is -2.12. The molecule has 1 heterocycles. The largest absolute Gasteiger partial charge is 0.321 e. The molecule has 0 aliphatic rings. The number of aryl methyl sites for hydroxylation is 1. The Morgan fingerprint density at radius 2 is 1.76 bits per heavy atom. The Bertz CT molecular complexity index is 762. The van der Waals surface area contributed by atoms with Crippen LogP contribution >= 0.6 is 0 Å². The maximum Gasteiger partial charge on any atom is 0.255 e. The van der Waals surface area contributed by atoms with Crippen molar-refractivity contribution in [1.29, 1.82) is 0 Å². The number of aromatic nitrogens is 2. The van der Waals surface area contributed by atoms with Crippen LogP contribution < -0.4 is 5.32 Å². The van der Waals surface area contributed by atoms with Crippen molar-refractivity contribution in [1.82, 2.24) is 9.78 Å². The summed E-state index contributed by atoms with van der Waals surface area (Å²) in [5.74, 6) is -0.119. The van der Waals surface area contributed by atoms with E-state index < -0.39 is 0 Å². The van der Waals surface area contributed by atoms with Crippen LogP contribution in [0.5, 0.6) is 0 Å². The van der Waals surface area contributed by atoms with Crippen molar-refractivity contribution in [3.8, 4) is 11.1 Å². The number of benzene rings is 2. The van der Waals surface area contributed by atoms with E-state index in [0.29, 0.717) is 5.56 Å². The number of anilines is 1. The molecule has 3 aromatic rings. The quantitative estimate of drug-likeness (QED) is 0.798. The highest BCUT2D eigenvalue weighted by Crippen LogP contribution is 2.27. The van der Waals surface area contributed by atoms with Crippen LogP contribution in [0.15, 0.2) is 67.0 Å². The Morgan fingerprint density at radius 1 is 1.05 bits per heavy atom. The minimum Gasteiger partial charge on any atom is -0.321 e. The number of hydrogen-bond donors (Lipinski definition) is 1. The zero-order valence-corrected chi connectivity index (χ0v) is 11.7. The van der Waals surface area contributed by atoms with E-state index in [2.05, 4.69) is 10.4 Å². The average molecular weight is 277 g/mol. The highest BCUT2D eigenvalue weighted by atomic mass is 16.1. The molecule has 1 aromatic heterocycles. The molecule has 0 saturated heterocycles. The lowest BCUT2D eigenvalue weighted by Gasteiger charge is -2.09. The second-order valence-corrected chi connectivity index (χ2v) is 4.77. The smallest absolute Gasteiger partial charge is 0.255 e. The van der Waals surface area contributed by atoms with Gasteiger partial charge >= 0.3 is 0 Å². The third-order valence-electron chi connectivity index (χ3n) is 3.23. The van der Waals surface area contributed by atoms with E-state index in [0.717, 1.165) is 16.8 Å². The third-order valence-corrected chi connectivity index (χ3v) is 3.23. The zero-order chi connectivity index (χ0) is 14.7. The van der Waals surface area contributed by atoms with Crippen LogP contribution in [0.4, 0.5) is 5.69 Å². The van der Waals surface area contributed by atoms with Crippen LogP contribution in [-0.4, -0.2) is 15.7 Å². The van der Waals surface area contributed by atoms with Gasteiger partial charge in [-0.25, -0.2) is 0 Å². The van der Waals surface area contributed by atoms with Crippen molar-refractivity contribution in [3.05, 3.63) is 72.6 Å². The third kappa shape index (κ3) is 2.84. The van der Waals surface area contributed by atoms with E-state index in [9.17, 15) is 4.79 Å². The van der Waals surface area contributed by atoms with E-state index in [4.69, 9.17) is 0 Å². The fraction of sp³-hybridized carbons (Fsp3) is 0.0588. The van der Waals surface area contributed by atoms with Gasteiger partial charge < -0.3 is 5.32 Å². The van der Waals surface area contributed by atoms with Crippen molar-refractivity contribution in [3.63, 3.8) is 0 Å². The van der Waals surface area contributed by atoms with Gasteiger partial charge in [0.25, 0.3) is 5.91 Å². The van der Waals surface area contributed by atoms with Gasteiger partial charge in [-0.05, 0) is 18.2 Å². The van der Waals surface area contributed by atoms with Gasteiger partial charge in [0.1, 0.15) is 0 Å². The number of nitrogens with zero attached hydrogens (tertiary/aromatic N) is 2. The molecule has 0 saturated carbocycles. The predicted octanol–water partition coefficient (Wildman–Crippen LogP) is 3.34. The Balaban J connectivity index is 1.91. The van der Waals surface area contributed by atoms with Gasteiger partial charge in [0, 0.05) is 35.6 Å². The topological polar surface area (TPSA) is 46.9 Å². The van der Waals surface area contributed by atoms with Gasteiger partial charge in [0.15, 0.2) is 0 Å². The summed E-state index contributed by atoms with van der Waals surface area (Å²) in [7, 11) is 1.87. The first-order valence-electron chi connectivity index (χ1n) is 6.68. The molecule has 0 unspecified atom stereocenters. The summed E-state index contributed by atoms with van der Waals surface area (Å²) >= 11 is 0. The lowest BCUT2D eigenvalue weighted by molar-refractivity contribution is 0.102. The van der Waals surface area contributed by atoms with Gasteiger partial charge in [-0.2, -0.15) is 5.10 Å². The second kappa shape index (κ2) is 5.63. The molecule has 0 aliphatic heterocycles. The molecule has 0 fully saturated rings. The molecule has 0 radical (unpaired) electrons. The Hall–Kier alpha value is -2.88. The monoisotopic (exact) mass is 277 g/mol. The second-order valence-electron chi connectivity index (χ2n) is 4.77. The van der Waals surface area contributed by atoms with Gasteiger partial charge in [-0.15, -0.1) is 0 Å². The lowest BCUT2D eigenvalue weighted by atomic mass is 10.1. The van der Waals surface area contributed by atoms with Gasteiger partial charge in [-0.3, -0.25) is 9.48 Å². The number of para-hydroxylation sites is 1. The van der Waals surface area contributed by atoms with Crippen molar-refractivity contribution < 1.29 is 4.79 Å². The van der Waals surface area contributed by atoms with Crippen molar-refractivity contribution in [2.45, 2.75) is 0 Å². The first-order chi connectivity index (χ1) is 10.2. The van der Waals surface area contributed by atoms with E-state index in [1.54, 1.807) is 23.0 Å². The van der Waals surface area contributed by atoms with E-state index in [1.807, 2.05) is 55.7 Å². The van der Waals surface area contributed by atoms with Crippen LogP contribution in [0.2, 0.25) is 0 Å². The number of hydrogen-bond acceptors (Lipinski definition) is 2. The van der Waals surface area contributed by atoms with Gasteiger partial charge in [-0.1, -0.05) is 36.4 Å². The number of rotatable bonds is 3. The van der Waals surface area contributed by atoms with Crippen LogP contribution in [0, 0.1) is 0 Å². The summed E-state index contributed by atoms with van der Waals surface area (Å²) in [6.07, 6.45) is 3.71. The normalized spacial score (nSPS) is 10.3. The molecular weight excluding hydrogens is 262 g/mol. The Morgan fingerprint density at radius 3 is 2.48 bits per heavy atom. The highest BCUT2D eigenvalue weighted by Gasteiger charge is 2.10. The molecule has 0 bridgehead atoms. The van der Waals surface area contributed by atoms with Crippen molar-refractivity contribution in [2.24, 2.45) is 7.05 Å². The van der Waals surface area contributed by atoms with Crippen LogP contribution in [0.25, 0.3) is 11.1 Å². The number of amides is 1. The SMILES string of the molecule is Cn1cc(-c2ccccc2NC(=O)c2ccccc2)cn1. The maximum atomic E-state index is 12.3. The fourth-order valence-electron chi connectivity index (χ4n) is 2.19. The first kappa shape index (κ1) is 13.1. The minimum absolute atomic E-state index is 0.119. The molecule has 4 heteroatoms. The highest BCUT2D eigenvalue weighted by molar-refractivity contribution is 6.06. The Kier molecular flexibility index (Phi) is 3.51. The molecule has 104 valence electrons. The summed E-state index contributed by atoms with van der Waals surface area (Å²) in [5, 5.41) is 7.13. The molecule has 3 rings (SSSR count). The molecule has 0 spiro atoms. The number of nitrogens with one attached hydrogen (secondary N) is 1. The first-order valence-corrected chi connectivity index (χ1v) is 6.68. The zero-order valence-electron chi connectivity index (χ0n) is 11.7. The van der Waals surface area contributed by atoms with E-state index >= 15 is 0 Å². The molecule has 1 N–H and O–H groups in total. The number of carbonyl (C=O) groups is 1. The van der Waals surface area contributed by atoms with E-state index in [-0.39, 0.29) is 5.91 Å². The summed E-state index contributed by atoms with van der Waals surface area (Å²) in [6.45, 7) is 0. The number of carbonyl (C=O) groups excluding carboxylic acids is 1. The summed E-state index contributed by atoms with van der Waals surface area (Å²) in [5.41, 5.74) is 3.34. The maximum absolute atomic E-state index is 12.3. The molecule has 21 heavy (non-hydrogen) atoms. The molecule has 0 aliphatic carbocycles. The molecular formula is C17H15N3O. The minimum atomic E-state index is -0.119. The van der Waals surface area contributed by atoms with Crippen LogP contribution in [0.3, 0.4) is 0 Å². The summed E-state index contributed by atoms with van der Waals surface area (Å²) < 4.78 is 1.74. The molecule has 2 aromatic carbocycles. The summed E-state index contributed by atoms with van der Waals surface area (Å²) in [6, 6.07) is 16.9. The van der Waals surface area contributed by atoms with Crippen molar-refractivity contribution >= 4 is 11.6 Å². The van der Waals surface area contributed by atoms with Crippen molar-refractivity contribution in [2.75, 3.05) is 5.32 Å². The molecule has 4 nitrogen and oxygen atoms in total. The molecule has 1 amide bonds. The fourth-order valence-corrected chi connectivity index (χ4v) is 2.19. The van der Waals surface area contributed by atoms with Gasteiger partial charge in [0.2, 0.25) is 0 Å². The van der Waals surface area contributed by atoms with Crippen LogP contribution in [-0.2, 0) is 7.05 Å². The summed E-state index contributed by atoms with van der Waals surface area (Å²) in [4.78, 5) is 12.3. The van der Waals surface area contributed by atoms with E-state index in [1.165, 1.54) is 0 Å². The predicted molar refractivity (Wildman–Crippen MR) is 83.0 cm³/mol. The average Bonchev–Trinajstić information content (AvgIpc) is 2.95. The van der Waals surface area contributed by atoms with Gasteiger partial charge in [0.05, 0.1) is 6.20 Å². The Labute approximate surface area is 123 Å².